The molecule has 0 unspecified atom stereocenters. The summed E-state index contributed by atoms with van der Waals surface area (Å²) >= 11 is 0. The number of benzene rings is 2. The first kappa shape index (κ1) is 15.1. The van der Waals surface area contributed by atoms with Crippen LogP contribution in [-0.4, -0.2) is 23.6 Å². The van der Waals surface area contributed by atoms with E-state index < -0.39 is 5.91 Å². The van der Waals surface area contributed by atoms with Gasteiger partial charge in [-0.3, -0.25) is 9.69 Å². The van der Waals surface area contributed by atoms with Crippen molar-refractivity contribution in [2.75, 3.05) is 16.8 Å². The highest BCUT2D eigenvalue weighted by atomic mass is 16.3. The summed E-state index contributed by atoms with van der Waals surface area (Å²) in [6.45, 7) is 2.71. The van der Waals surface area contributed by atoms with Gasteiger partial charge in [-0.2, -0.15) is 0 Å². The molecule has 0 spiro atoms. The van der Waals surface area contributed by atoms with E-state index in [1.165, 1.54) is 6.07 Å². The molecular weight excluding hydrogens is 294 g/mol. The lowest BCUT2D eigenvalue weighted by Crippen LogP contribution is -2.38. The molecule has 1 aliphatic heterocycles. The third-order valence-corrected chi connectivity index (χ3v) is 4.14. The van der Waals surface area contributed by atoms with Gasteiger partial charge in [0, 0.05) is 17.3 Å². The maximum Gasteiger partial charge on any atom is 0.326 e. The molecule has 0 fully saturated rings. The zero-order valence-electron chi connectivity index (χ0n) is 12.9. The number of unbranched alkanes of at least 4 members (excludes halogenated alkanes) is 2. The number of rotatable bonds is 5. The number of amides is 3. The molecule has 1 heterocycles. The Bertz CT molecular complexity index is 801. The molecular formula is C17H19N3O3. The summed E-state index contributed by atoms with van der Waals surface area (Å²) < 4.78 is 0. The third kappa shape index (κ3) is 2.46. The number of carbonyl (C=O) groups excluding carboxylic acids is 2. The Balaban J connectivity index is 2.17. The SMILES string of the molecule is CCCCCN1C(=O)Nc2cc(C(N)=O)c(O)c3cccc1c23. The van der Waals surface area contributed by atoms with Crippen molar-refractivity contribution in [1.82, 2.24) is 0 Å². The number of nitrogens with zero attached hydrogens (tertiary/aromatic N) is 1. The van der Waals surface area contributed by atoms with Crippen LogP contribution >= 0.6 is 0 Å². The van der Waals surface area contributed by atoms with Gasteiger partial charge in [0.15, 0.2) is 0 Å². The van der Waals surface area contributed by atoms with E-state index in [9.17, 15) is 14.7 Å². The van der Waals surface area contributed by atoms with E-state index in [4.69, 9.17) is 5.73 Å². The molecule has 2 aromatic rings. The molecule has 6 nitrogen and oxygen atoms in total. The first-order valence-corrected chi connectivity index (χ1v) is 7.71. The number of anilines is 2. The summed E-state index contributed by atoms with van der Waals surface area (Å²) in [5.41, 5.74) is 6.55. The molecule has 4 N–H and O–H groups in total. The second kappa shape index (κ2) is 5.79. The summed E-state index contributed by atoms with van der Waals surface area (Å²) in [6.07, 6.45) is 3.01. The Labute approximate surface area is 133 Å². The van der Waals surface area contributed by atoms with Crippen LogP contribution in [-0.2, 0) is 0 Å². The highest BCUT2D eigenvalue weighted by molar-refractivity contribution is 6.21. The molecule has 120 valence electrons. The summed E-state index contributed by atoms with van der Waals surface area (Å²) in [7, 11) is 0. The number of hydrogen-bond donors (Lipinski definition) is 3. The predicted molar refractivity (Wildman–Crippen MR) is 90.0 cm³/mol. The number of nitrogens with two attached hydrogens (primary N) is 1. The summed E-state index contributed by atoms with van der Waals surface area (Å²) in [5, 5.41) is 14.4. The lowest BCUT2D eigenvalue weighted by molar-refractivity contribution is 0.0998. The second-order valence-electron chi connectivity index (χ2n) is 5.67. The first-order chi connectivity index (χ1) is 11.0. The molecule has 2 aromatic carbocycles. The van der Waals surface area contributed by atoms with Crippen molar-refractivity contribution in [3.63, 3.8) is 0 Å². The quantitative estimate of drug-likeness (QED) is 0.584. The number of phenols is 1. The molecule has 0 bridgehead atoms. The van der Waals surface area contributed by atoms with Crippen LogP contribution in [0.5, 0.6) is 5.75 Å². The number of carbonyl (C=O) groups is 2. The van der Waals surface area contributed by atoms with Crippen molar-refractivity contribution in [3.8, 4) is 5.75 Å². The fraction of sp³-hybridized carbons (Fsp3) is 0.294. The number of primary amides is 1. The molecule has 0 radical (unpaired) electrons. The van der Waals surface area contributed by atoms with Crippen LogP contribution < -0.4 is 16.0 Å². The molecule has 0 saturated heterocycles. The van der Waals surface area contributed by atoms with Gasteiger partial charge in [0.1, 0.15) is 5.75 Å². The van der Waals surface area contributed by atoms with Crippen molar-refractivity contribution < 1.29 is 14.7 Å². The Kier molecular flexibility index (Phi) is 3.82. The van der Waals surface area contributed by atoms with Gasteiger partial charge >= 0.3 is 6.03 Å². The average molecular weight is 313 g/mol. The van der Waals surface area contributed by atoms with E-state index in [0.29, 0.717) is 17.6 Å². The van der Waals surface area contributed by atoms with Gasteiger partial charge in [0.05, 0.1) is 16.9 Å². The molecule has 1 aliphatic rings. The molecule has 0 aliphatic carbocycles. The highest BCUT2D eigenvalue weighted by Crippen LogP contribution is 2.42. The molecule has 3 amide bonds. The Morgan fingerprint density at radius 2 is 2.13 bits per heavy atom. The van der Waals surface area contributed by atoms with Crippen molar-refractivity contribution in [3.05, 3.63) is 29.8 Å². The van der Waals surface area contributed by atoms with Crippen LogP contribution in [0.1, 0.15) is 36.5 Å². The molecule has 0 saturated carbocycles. The summed E-state index contributed by atoms with van der Waals surface area (Å²) in [4.78, 5) is 25.6. The Hall–Kier alpha value is -2.76. The van der Waals surface area contributed by atoms with E-state index in [2.05, 4.69) is 12.2 Å². The lowest BCUT2D eigenvalue weighted by Gasteiger charge is -2.30. The average Bonchev–Trinajstić information content (AvgIpc) is 2.53. The topological polar surface area (TPSA) is 95.7 Å². The van der Waals surface area contributed by atoms with E-state index in [1.54, 1.807) is 17.0 Å². The number of nitrogens with one attached hydrogen (secondary N) is 1. The van der Waals surface area contributed by atoms with Gasteiger partial charge in [-0.05, 0) is 18.6 Å². The van der Waals surface area contributed by atoms with Gasteiger partial charge in [-0.1, -0.05) is 31.9 Å². The van der Waals surface area contributed by atoms with Gasteiger partial charge in [-0.15, -0.1) is 0 Å². The summed E-state index contributed by atoms with van der Waals surface area (Å²) in [6, 6.07) is 6.52. The maximum absolute atomic E-state index is 12.4. The van der Waals surface area contributed by atoms with Crippen LogP contribution in [0.4, 0.5) is 16.2 Å². The van der Waals surface area contributed by atoms with Gasteiger partial charge < -0.3 is 16.2 Å². The second-order valence-corrected chi connectivity index (χ2v) is 5.67. The van der Waals surface area contributed by atoms with Crippen molar-refractivity contribution in [1.29, 1.82) is 0 Å². The standard InChI is InChI=1S/C17H19N3O3/c1-2-3-4-8-20-13-7-5-6-10-14(13)12(19-17(20)23)9-11(15(10)21)16(18)22/h5-7,9,21H,2-4,8H2,1H3,(H2,18,22)(H,19,23). The minimum absolute atomic E-state index is 0.00406. The number of urea groups is 1. The van der Waals surface area contributed by atoms with E-state index in [1.807, 2.05) is 6.07 Å². The zero-order chi connectivity index (χ0) is 16.6. The largest absolute Gasteiger partial charge is 0.506 e. The lowest BCUT2D eigenvalue weighted by atomic mass is 9.99. The number of aromatic hydroxyl groups is 1. The summed E-state index contributed by atoms with van der Waals surface area (Å²) in [5.74, 6) is -0.881. The van der Waals surface area contributed by atoms with Crippen LogP contribution in [0, 0.1) is 0 Å². The molecule has 23 heavy (non-hydrogen) atoms. The fourth-order valence-corrected chi connectivity index (χ4v) is 3.00. The van der Waals surface area contributed by atoms with Gasteiger partial charge in [-0.25, -0.2) is 4.79 Å². The van der Waals surface area contributed by atoms with Gasteiger partial charge in [0.25, 0.3) is 5.91 Å². The van der Waals surface area contributed by atoms with Gasteiger partial charge in [0.2, 0.25) is 0 Å². The first-order valence-electron chi connectivity index (χ1n) is 7.71. The minimum atomic E-state index is -0.731. The van der Waals surface area contributed by atoms with Crippen LogP contribution in [0.3, 0.4) is 0 Å². The van der Waals surface area contributed by atoms with E-state index >= 15 is 0 Å². The van der Waals surface area contributed by atoms with Crippen molar-refractivity contribution in [2.24, 2.45) is 5.73 Å². The van der Waals surface area contributed by atoms with Crippen LogP contribution in [0.25, 0.3) is 10.8 Å². The monoisotopic (exact) mass is 313 g/mol. The number of hydrogen-bond acceptors (Lipinski definition) is 3. The zero-order valence-corrected chi connectivity index (χ0v) is 12.9. The maximum atomic E-state index is 12.4. The molecule has 0 aromatic heterocycles. The van der Waals surface area contributed by atoms with E-state index in [-0.39, 0.29) is 17.3 Å². The molecule has 3 rings (SSSR count). The van der Waals surface area contributed by atoms with E-state index in [0.717, 1.165) is 30.3 Å². The minimum Gasteiger partial charge on any atom is -0.506 e. The van der Waals surface area contributed by atoms with Crippen molar-refractivity contribution >= 4 is 34.1 Å². The fourth-order valence-electron chi connectivity index (χ4n) is 3.00. The Morgan fingerprint density at radius 1 is 1.35 bits per heavy atom. The Morgan fingerprint density at radius 3 is 2.83 bits per heavy atom. The molecule has 0 atom stereocenters. The van der Waals surface area contributed by atoms with Crippen LogP contribution in [0.2, 0.25) is 0 Å². The van der Waals surface area contributed by atoms with Crippen LogP contribution in [0.15, 0.2) is 24.3 Å². The van der Waals surface area contributed by atoms with Crippen molar-refractivity contribution in [2.45, 2.75) is 26.2 Å². The smallest absolute Gasteiger partial charge is 0.326 e. The normalized spacial score (nSPS) is 13.3. The predicted octanol–water partition coefficient (Wildman–Crippen LogP) is 3.19. The molecule has 6 heteroatoms. The highest BCUT2D eigenvalue weighted by Gasteiger charge is 2.27. The third-order valence-electron chi connectivity index (χ3n) is 4.14.